The fourth-order valence-corrected chi connectivity index (χ4v) is 1.70. The lowest BCUT2D eigenvalue weighted by molar-refractivity contribution is 0.0506. The van der Waals surface area contributed by atoms with E-state index in [1.807, 2.05) is 0 Å². The number of fused-ring (bicyclic) bond motifs is 1. The number of hydrogen-bond acceptors (Lipinski definition) is 4. The van der Waals surface area contributed by atoms with Crippen LogP contribution in [-0.4, -0.2) is 13.9 Å². The molecule has 0 saturated heterocycles. The zero-order valence-corrected chi connectivity index (χ0v) is 10.0. The van der Waals surface area contributed by atoms with Crippen molar-refractivity contribution < 1.29 is 13.9 Å². The van der Waals surface area contributed by atoms with E-state index in [-0.39, 0.29) is 6.79 Å². The average Bonchev–Trinajstić information content (AvgIpc) is 2.27. The van der Waals surface area contributed by atoms with E-state index in [4.69, 9.17) is 13.9 Å². The minimum absolute atomic E-state index is 0.130. The molecule has 0 N–H and O–H groups in total. The van der Waals surface area contributed by atoms with Gasteiger partial charge < -0.3 is 13.9 Å². The van der Waals surface area contributed by atoms with Gasteiger partial charge in [-0.15, -0.1) is 0 Å². The Kier molecular flexibility index (Phi) is 3.26. The highest BCUT2D eigenvalue weighted by molar-refractivity contribution is 9.10. The number of methoxy groups -OCH3 is 1. The van der Waals surface area contributed by atoms with Crippen LogP contribution in [0.1, 0.15) is 0 Å². The summed E-state index contributed by atoms with van der Waals surface area (Å²) in [5.74, 6) is 0.553. The molecular weight excluding hydrogens is 276 g/mol. The van der Waals surface area contributed by atoms with Crippen molar-refractivity contribution >= 4 is 26.9 Å². The maximum Gasteiger partial charge on any atom is 0.336 e. The van der Waals surface area contributed by atoms with E-state index in [0.29, 0.717) is 16.7 Å². The summed E-state index contributed by atoms with van der Waals surface area (Å²) in [4.78, 5) is 11.0. The number of rotatable bonds is 3. The van der Waals surface area contributed by atoms with Crippen LogP contribution in [0.15, 0.2) is 31.9 Å². The van der Waals surface area contributed by atoms with E-state index in [1.54, 1.807) is 12.1 Å². The second-order valence-corrected chi connectivity index (χ2v) is 3.89. The SMILES string of the molecule is COCOc1cc2oc(=O)c[c]c2cc1Br. The van der Waals surface area contributed by atoms with Crippen LogP contribution < -0.4 is 10.4 Å². The monoisotopic (exact) mass is 283 g/mol. The van der Waals surface area contributed by atoms with E-state index >= 15 is 0 Å². The quantitative estimate of drug-likeness (QED) is 0.641. The molecular formula is C11H8BrO4. The van der Waals surface area contributed by atoms with Crippen LogP contribution in [0, 0.1) is 6.07 Å². The molecule has 0 unspecified atom stereocenters. The third-order valence-corrected chi connectivity index (χ3v) is 2.54. The third kappa shape index (κ3) is 2.25. The van der Waals surface area contributed by atoms with Crippen LogP contribution in [0.2, 0.25) is 0 Å². The van der Waals surface area contributed by atoms with Gasteiger partial charge in [0.2, 0.25) is 0 Å². The lowest BCUT2D eigenvalue weighted by Gasteiger charge is -2.07. The first-order valence-electron chi connectivity index (χ1n) is 4.47. The highest BCUT2D eigenvalue weighted by Gasteiger charge is 2.06. The third-order valence-electron chi connectivity index (χ3n) is 1.92. The Hall–Kier alpha value is -1.33. The first-order valence-corrected chi connectivity index (χ1v) is 5.27. The van der Waals surface area contributed by atoms with Crippen molar-refractivity contribution in [3.63, 3.8) is 0 Å². The topological polar surface area (TPSA) is 48.7 Å². The Balaban J connectivity index is 2.51. The summed E-state index contributed by atoms with van der Waals surface area (Å²) < 4.78 is 15.8. The van der Waals surface area contributed by atoms with Crippen LogP contribution in [0.3, 0.4) is 0 Å². The summed E-state index contributed by atoms with van der Waals surface area (Å²) in [6.45, 7) is 0.130. The summed E-state index contributed by atoms with van der Waals surface area (Å²) in [5.41, 5.74) is -0.00526. The Morgan fingerprint density at radius 2 is 2.31 bits per heavy atom. The van der Waals surface area contributed by atoms with Gasteiger partial charge in [-0.05, 0) is 22.0 Å². The molecule has 0 aliphatic carbocycles. The lowest BCUT2D eigenvalue weighted by Crippen LogP contribution is -2.00. The number of ether oxygens (including phenoxy) is 2. The highest BCUT2D eigenvalue weighted by atomic mass is 79.9. The normalized spacial score (nSPS) is 10.6. The fourth-order valence-electron chi connectivity index (χ4n) is 1.24. The smallest absolute Gasteiger partial charge is 0.336 e. The molecule has 4 nitrogen and oxygen atoms in total. The Morgan fingerprint density at radius 1 is 1.50 bits per heavy atom. The summed E-state index contributed by atoms with van der Waals surface area (Å²) in [6, 6.07) is 7.46. The van der Waals surface area contributed by atoms with Gasteiger partial charge in [-0.25, -0.2) is 4.79 Å². The zero-order chi connectivity index (χ0) is 11.5. The van der Waals surface area contributed by atoms with Gasteiger partial charge in [0.25, 0.3) is 0 Å². The summed E-state index contributed by atoms with van der Waals surface area (Å²) >= 11 is 3.35. The maximum atomic E-state index is 11.0. The zero-order valence-electron chi connectivity index (χ0n) is 8.45. The largest absolute Gasteiger partial charge is 0.466 e. The van der Waals surface area contributed by atoms with Crippen LogP contribution in [0.4, 0.5) is 0 Å². The fraction of sp³-hybridized carbons (Fsp3) is 0.182. The van der Waals surface area contributed by atoms with Gasteiger partial charge in [0, 0.05) is 30.7 Å². The molecule has 0 spiro atoms. The number of halogens is 1. The minimum atomic E-state index is -0.437. The molecule has 0 aliphatic rings. The van der Waals surface area contributed by atoms with E-state index in [2.05, 4.69) is 22.0 Å². The van der Waals surface area contributed by atoms with Gasteiger partial charge in [-0.3, -0.25) is 0 Å². The molecule has 0 saturated carbocycles. The summed E-state index contributed by atoms with van der Waals surface area (Å²) in [5, 5.41) is 0.705. The summed E-state index contributed by atoms with van der Waals surface area (Å²) in [7, 11) is 1.53. The predicted octanol–water partition coefficient (Wildman–Crippen LogP) is 2.34. The van der Waals surface area contributed by atoms with Gasteiger partial charge >= 0.3 is 5.63 Å². The van der Waals surface area contributed by atoms with E-state index in [9.17, 15) is 4.79 Å². The van der Waals surface area contributed by atoms with Crippen LogP contribution in [0.25, 0.3) is 11.0 Å². The predicted molar refractivity (Wildman–Crippen MR) is 61.5 cm³/mol. The standard InChI is InChI=1S/C11H8BrO4/c1-14-6-15-10-5-9-7(4-8(10)12)2-3-11(13)16-9/h3-5H,6H2,1H3. The van der Waals surface area contributed by atoms with Gasteiger partial charge in [-0.1, -0.05) is 0 Å². The maximum absolute atomic E-state index is 11.0. The second-order valence-electron chi connectivity index (χ2n) is 3.04. The van der Waals surface area contributed by atoms with Gasteiger partial charge in [0.15, 0.2) is 6.79 Å². The van der Waals surface area contributed by atoms with E-state index < -0.39 is 5.63 Å². The van der Waals surface area contributed by atoms with Crippen molar-refractivity contribution in [1.82, 2.24) is 0 Å². The molecule has 0 amide bonds. The van der Waals surface area contributed by atoms with Crippen molar-refractivity contribution in [2.24, 2.45) is 0 Å². The Bertz CT molecular complexity index is 561. The van der Waals surface area contributed by atoms with E-state index in [1.165, 1.54) is 13.2 Å². The highest BCUT2D eigenvalue weighted by Crippen LogP contribution is 2.29. The average molecular weight is 284 g/mol. The minimum Gasteiger partial charge on any atom is -0.466 e. The van der Waals surface area contributed by atoms with Crippen LogP contribution in [0.5, 0.6) is 5.75 Å². The molecule has 16 heavy (non-hydrogen) atoms. The second kappa shape index (κ2) is 4.67. The molecule has 0 bridgehead atoms. The van der Waals surface area contributed by atoms with Crippen molar-refractivity contribution in [2.75, 3.05) is 13.9 Å². The van der Waals surface area contributed by atoms with Crippen molar-refractivity contribution in [3.05, 3.63) is 39.2 Å². The van der Waals surface area contributed by atoms with Crippen molar-refractivity contribution in [2.45, 2.75) is 0 Å². The molecule has 0 atom stereocenters. The number of hydrogen-bond donors (Lipinski definition) is 0. The van der Waals surface area contributed by atoms with Gasteiger partial charge in [0.1, 0.15) is 11.3 Å². The number of benzene rings is 1. The molecule has 1 radical (unpaired) electrons. The van der Waals surface area contributed by atoms with E-state index in [0.717, 1.165) is 4.47 Å². The van der Waals surface area contributed by atoms with Gasteiger partial charge in [-0.2, -0.15) is 0 Å². The molecule has 2 rings (SSSR count). The van der Waals surface area contributed by atoms with Crippen LogP contribution >= 0.6 is 15.9 Å². The first-order chi connectivity index (χ1) is 7.70. The molecule has 5 heteroatoms. The Morgan fingerprint density at radius 3 is 3.06 bits per heavy atom. The molecule has 1 aromatic carbocycles. The lowest BCUT2D eigenvalue weighted by atomic mass is 10.2. The van der Waals surface area contributed by atoms with Gasteiger partial charge in [0.05, 0.1) is 4.47 Å². The summed E-state index contributed by atoms with van der Waals surface area (Å²) in [6.07, 6.45) is 0. The Labute approximate surface area is 99.9 Å². The van der Waals surface area contributed by atoms with Crippen molar-refractivity contribution in [3.8, 4) is 5.75 Å². The molecule has 1 aromatic heterocycles. The van der Waals surface area contributed by atoms with Crippen molar-refractivity contribution in [1.29, 1.82) is 0 Å². The van der Waals surface area contributed by atoms with Crippen LogP contribution in [-0.2, 0) is 4.74 Å². The molecule has 0 fully saturated rings. The molecule has 1 heterocycles. The first kappa shape index (κ1) is 11.2. The molecule has 83 valence electrons. The molecule has 2 aromatic rings. The molecule has 0 aliphatic heterocycles.